The summed E-state index contributed by atoms with van der Waals surface area (Å²) in [7, 11) is 1.71. The van der Waals surface area contributed by atoms with Crippen molar-refractivity contribution in [3.8, 4) is 0 Å². The van der Waals surface area contributed by atoms with Crippen LogP contribution in [0.4, 0.5) is 0 Å². The van der Waals surface area contributed by atoms with Crippen molar-refractivity contribution in [3.63, 3.8) is 0 Å². The van der Waals surface area contributed by atoms with Crippen LogP contribution in [0.5, 0.6) is 0 Å². The first-order valence-corrected chi connectivity index (χ1v) is 6.95. The summed E-state index contributed by atoms with van der Waals surface area (Å²) in [6, 6.07) is 6.40. The smallest absolute Gasteiger partial charge is 0.115 e. The summed E-state index contributed by atoms with van der Waals surface area (Å²) in [5.74, 6) is 1.38. The van der Waals surface area contributed by atoms with Gasteiger partial charge in [-0.2, -0.15) is 0 Å². The Morgan fingerprint density at radius 3 is 2.80 bits per heavy atom. The van der Waals surface area contributed by atoms with Crippen molar-refractivity contribution >= 4 is 11.6 Å². The molecule has 0 saturated heterocycles. The molecule has 0 fully saturated rings. The Bertz CT molecular complexity index is 602. The van der Waals surface area contributed by atoms with Gasteiger partial charge in [-0.15, -0.1) is 0 Å². The molecule has 0 aromatic heterocycles. The van der Waals surface area contributed by atoms with E-state index in [0.29, 0.717) is 5.92 Å². The molecule has 1 aliphatic carbocycles. The molecule has 20 heavy (non-hydrogen) atoms. The van der Waals surface area contributed by atoms with Gasteiger partial charge < -0.3 is 4.74 Å². The van der Waals surface area contributed by atoms with Gasteiger partial charge in [-0.3, -0.25) is 0 Å². The van der Waals surface area contributed by atoms with E-state index >= 15 is 0 Å². The summed E-state index contributed by atoms with van der Waals surface area (Å²) in [6.07, 6.45) is 7.12. The molecule has 1 nitrogen and oxygen atoms in total. The molecule has 1 aromatic rings. The fourth-order valence-electron chi connectivity index (χ4n) is 2.58. The van der Waals surface area contributed by atoms with Gasteiger partial charge in [0.1, 0.15) is 5.76 Å². The van der Waals surface area contributed by atoms with Gasteiger partial charge in [0.25, 0.3) is 0 Å². The SMILES string of the molecule is C=Cc1cc(C)ccc1C(=C)C1=CC(OC)=CCC1C. The topological polar surface area (TPSA) is 9.23 Å². The first kappa shape index (κ1) is 14.4. The van der Waals surface area contributed by atoms with Crippen LogP contribution in [0.15, 0.2) is 54.8 Å². The molecule has 104 valence electrons. The van der Waals surface area contributed by atoms with Gasteiger partial charge in [-0.05, 0) is 53.7 Å². The van der Waals surface area contributed by atoms with Gasteiger partial charge in [0, 0.05) is 0 Å². The molecule has 0 aliphatic heterocycles. The summed E-state index contributed by atoms with van der Waals surface area (Å²) >= 11 is 0. The van der Waals surface area contributed by atoms with Crippen molar-refractivity contribution in [2.24, 2.45) is 5.92 Å². The maximum absolute atomic E-state index is 5.35. The van der Waals surface area contributed by atoms with Crippen LogP contribution in [0, 0.1) is 12.8 Å². The van der Waals surface area contributed by atoms with Crippen LogP contribution in [0.25, 0.3) is 11.6 Å². The van der Waals surface area contributed by atoms with Gasteiger partial charge in [-0.25, -0.2) is 0 Å². The molecule has 1 unspecified atom stereocenters. The van der Waals surface area contributed by atoms with Crippen molar-refractivity contribution in [3.05, 3.63) is 71.5 Å². The van der Waals surface area contributed by atoms with Crippen LogP contribution in [-0.2, 0) is 4.74 Å². The maximum atomic E-state index is 5.35. The molecule has 0 heterocycles. The highest BCUT2D eigenvalue weighted by Crippen LogP contribution is 2.35. The second-order valence-corrected chi connectivity index (χ2v) is 5.32. The standard InChI is InChI=1S/C19H22O/c1-6-16-11-13(2)7-10-18(16)15(4)19-12-17(20-5)9-8-14(19)3/h6-7,9-12,14H,1,4,8H2,2-3,5H3. The van der Waals surface area contributed by atoms with Gasteiger partial charge in [-0.1, -0.05) is 49.9 Å². The molecule has 1 aromatic carbocycles. The second kappa shape index (κ2) is 5.96. The summed E-state index contributed by atoms with van der Waals surface area (Å²) in [5.41, 5.74) is 5.84. The summed E-state index contributed by atoms with van der Waals surface area (Å²) in [4.78, 5) is 0. The lowest BCUT2D eigenvalue weighted by Crippen LogP contribution is -2.07. The minimum absolute atomic E-state index is 0.459. The third kappa shape index (κ3) is 2.77. The molecule has 0 saturated carbocycles. The molecule has 2 rings (SSSR count). The molecule has 1 heteroatoms. The summed E-state index contributed by atoms with van der Waals surface area (Å²) in [5, 5.41) is 0. The third-order valence-corrected chi connectivity index (χ3v) is 3.84. The van der Waals surface area contributed by atoms with E-state index in [1.807, 2.05) is 6.08 Å². The molecule has 1 atom stereocenters. The number of hydrogen-bond donors (Lipinski definition) is 0. The van der Waals surface area contributed by atoms with E-state index < -0.39 is 0 Å². The quantitative estimate of drug-likeness (QED) is 0.732. The van der Waals surface area contributed by atoms with Crippen molar-refractivity contribution in [2.75, 3.05) is 7.11 Å². The number of benzene rings is 1. The fraction of sp³-hybridized carbons (Fsp3) is 0.263. The second-order valence-electron chi connectivity index (χ2n) is 5.32. The zero-order chi connectivity index (χ0) is 14.7. The van der Waals surface area contributed by atoms with Gasteiger partial charge >= 0.3 is 0 Å². The first-order valence-electron chi connectivity index (χ1n) is 6.95. The predicted molar refractivity (Wildman–Crippen MR) is 87.3 cm³/mol. The minimum atomic E-state index is 0.459. The maximum Gasteiger partial charge on any atom is 0.115 e. The van der Waals surface area contributed by atoms with Crippen LogP contribution in [0.2, 0.25) is 0 Å². The van der Waals surface area contributed by atoms with Crippen LogP contribution in [0.3, 0.4) is 0 Å². The van der Waals surface area contributed by atoms with E-state index in [0.717, 1.165) is 28.9 Å². The van der Waals surface area contributed by atoms with E-state index in [-0.39, 0.29) is 0 Å². The highest BCUT2D eigenvalue weighted by Gasteiger charge is 2.18. The Morgan fingerprint density at radius 1 is 1.40 bits per heavy atom. The van der Waals surface area contributed by atoms with E-state index in [1.165, 1.54) is 11.1 Å². The molecule has 0 N–H and O–H groups in total. The molecule has 0 spiro atoms. The van der Waals surface area contributed by atoms with E-state index in [1.54, 1.807) is 7.11 Å². The summed E-state index contributed by atoms with van der Waals surface area (Å²) in [6.45, 7) is 12.5. The molecule has 0 bridgehead atoms. The van der Waals surface area contributed by atoms with Crippen LogP contribution < -0.4 is 0 Å². The molecule has 0 radical (unpaired) electrons. The number of aryl methyl sites for hydroxylation is 1. The lowest BCUT2D eigenvalue weighted by Gasteiger charge is -2.23. The Balaban J connectivity index is 2.43. The lowest BCUT2D eigenvalue weighted by atomic mass is 9.83. The minimum Gasteiger partial charge on any atom is -0.497 e. The van der Waals surface area contributed by atoms with Gasteiger partial charge in [0.05, 0.1) is 7.11 Å². The van der Waals surface area contributed by atoms with Crippen LogP contribution >= 0.6 is 0 Å². The molecular formula is C19H22O. The monoisotopic (exact) mass is 266 g/mol. The Kier molecular flexibility index (Phi) is 4.29. The van der Waals surface area contributed by atoms with E-state index in [9.17, 15) is 0 Å². The highest BCUT2D eigenvalue weighted by molar-refractivity contribution is 5.83. The first-order chi connectivity index (χ1) is 9.56. The number of hydrogen-bond acceptors (Lipinski definition) is 1. The van der Waals surface area contributed by atoms with E-state index in [2.05, 4.69) is 57.4 Å². The van der Waals surface area contributed by atoms with Gasteiger partial charge in [0.15, 0.2) is 0 Å². The average Bonchev–Trinajstić information content (AvgIpc) is 2.47. The average molecular weight is 266 g/mol. The van der Waals surface area contributed by atoms with Gasteiger partial charge in [0.2, 0.25) is 0 Å². The Hall–Kier alpha value is -2.02. The summed E-state index contributed by atoms with van der Waals surface area (Å²) < 4.78 is 5.35. The zero-order valence-corrected chi connectivity index (χ0v) is 12.6. The largest absolute Gasteiger partial charge is 0.497 e. The van der Waals surface area contributed by atoms with Crippen molar-refractivity contribution < 1.29 is 4.74 Å². The Labute approximate surface area is 122 Å². The van der Waals surface area contributed by atoms with Crippen LogP contribution in [-0.4, -0.2) is 7.11 Å². The molecule has 0 amide bonds. The zero-order valence-electron chi connectivity index (χ0n) is 12.6. The number of allylic oxidation sites excluding steroid dienone is 4. The van der Waals surface area contributed by atoms with Crippen LogP contribution in [0.1, 0.15) is 30.0 Å². The number of methoxy groups -OCH3 is 1. The Morgan fingerprint density at radius 2 is 2.15 bits per heavy atom. The number of rotatable bonds is 4. The lowest BCUT2D eigenvalue weighted by molar-refractivity contribution is 0.301. The molecular weight excluding hydrogens is 244 g/mol. The number of ether oxygens (including phenoxy) is 1. The normalized spacial score (nSPS) is 18.1. The predicted octanol–water partition coefficient (Wildman–Crippen LogP) is 5.15. The van der Waals surface area contributed by atoms with E-state index in [4.69, 9.17) is 4.74 Å². The van der Waals surface area contributed by atoms with Crippen molar-refractivity contribution in [2.45, 2.75) is 20.3 Å². The molecule has 1 aliphatic rings. The van der Waals surface area contributed by atoms with Crippen molar-refractivity contribution in [1.82, 2.24) is 0 Å². The highest BCUT2D eigenvalue weighted by atomic mass is 16.5. The third-order valence-electron chi connectivity index (χ3n) is 3.84. The van der Waals surface area contributed by atoms with Crippen molar-refractivity contribution in [1.29, 1.82) is 0 Å². The fourth-order valence-corrected chi connectivity index (χ4v) is 2.58.